The van der Waals surface area contributed by atoms with E-state index in [-0.39, 0.29) is 5.54 Å². The largest absolute Gasteiger partial charge is 0.303 e. The van der Waals surface area contributed by atoms with Crippen molar-refractivity contribution in [3.8, 4) is 6.07 Å². The molecule has 0 aromatic heterocycles. The molecule has 0 aliphatic carbocycles. The van der Waals surface area contributed by atoms with Crippen molar-refractivity contribution >= 4 is 0 Å². The molecule has 110 valence electrons. The zero-order valence-corrected chi connectivity index (χ0v) is 13.3. The lowest BCUT2D eigenvalue weighted by atomic mass is 9.74. The van der Waals surface area contributed by atoms with Gasteiger partial charge in [-0.1, -0.05) is 26.7 Å². The minimum absolute atomic E-state index is 0.355. The molecule has 1 fully saturated rings. The number of likely N-dealkylation sites (tertiary alicyclic amines) is 1. The third kappa shape index (κ3) is 4.47. The topological polar surface area (TPSA) is 39.1 Å². The van der Waals surface area contributed by atoms with Gasteiger partial charge >= 0.3 is 0 Å². The molecular formula is C16H31N3. The van der Waals surface area contributed by atoms with Crippen molar-refractivity contribution in [3.05, 3.63) is 0 Å². The van der Waals surface area contributed by atoms with Crippen LogP contribution in [-0.2, 0) is 0 Å². The van der Waals surface area contributed by atoms with Crippen LogP contribution in [0.3, 0.4) is 0 Å². The van der Waals surface area contributed by atoms with E-state index >= 15 is 0 Å². The van der Waals surface area contributed by atoms with Gasteiger partial charge in [0, 0.05) is 0 Å². The van der Waals surface area contributed by atoms with E-state index < -0.39 is 0 Å². The number of nitrogens with zero attached hydrogens (tertiary/aromatic N) is 2. The Morgan fingerprint density at radius 3 is 2.26 bits per heavy atom. The van der Waals surface area contributed by atoms with Gasteiger partial charge < -0.3 is 10.2 Å². The first-order chi connectivity index (χ1) is 9.03. The number of nitrogens with one attached hydrogen (secondary N) is 1. The Morgan fingerprint density at radius 2 is 1.84 bits per heavy atom. The molecule has 0 amide bonds. The first-order valence-electron chi connectivity index (χ1n) is 7.85. The Kier molecular flexibility index (Phi) is 6.29. The van der Waals surface area contributed by atoms with Crippen molar-refractivity contribution in [2.75, 3.05) is 26.7 Å². The fourth-order valence-electron chi connectivity index (χ4n) is 3.10. The Balaban J connectivity index is 2.29. The van der Waals surface area contributed by atoms with Gasteiger partial charge in [0.25, 0.3) is 0 Å². The molecule has 1 aliphatic rings. The summed E-state index contributed by atoms with van der Waals surface area (Å²) in [5.41, 5.74) is 0.259. The highest BCUT2D eigenvalue weighted by Crippen LogP contribution is 2.37. The smallest absolute Gasteiger partial charge is 0.103 e. The maximum atomic E-state index is 9.13. The molecule has 0 bridgehead atoms. The average Bonchev–Trinajstić information content (AvgIpc) is 2.48. The predicted octanol–water partition coefficient (Wildman–Crippen LogP) is 3.17. The molecule has 1 heterocycles. The first-order valence-corrected chi connectivity index (χ1v) is 7.85. The molecule has 1 N–H and O–H groups in total. The number of rotatable bonds is 7. The van der Waals surface area contributed by atoms with E-state index in [0.717, 1.165) is 19.4 Å². The maximum Gasteiger partial charge on any atom is 0.103 e. The molecule has 3 nitrogen and oxygen atoms in total. The van der Waals surface area contributed by atoms with Gasteiger partial charge in [-0.05, 0) is 64.7 Å². The zero-order valence-electron chi connectivity index (χ0n) is 13.3. The molecule has 19 heavy (non-hydrogen) atoms. The fraction of sp³-hybridized carbons (Fsp3) is 0.938. The molecule has 0 saturated carbocycles. The van der Waals surface area contributed by atoms with Crippen molar-refractivity contribution in [2.45, 2.75) is 64.8 Å². The van der Waals surface area contributed by atoms with Crippen molar-refractivity contribution < 1.29 is 0 Å². The van der Waals surface area contributed by atoms with Gasteiger partial charge in [0.2, 0.25) is 0 Å². The van der Waals surface area contributed by atoms with E-state index in [1.54, 1.807) is 0 Å². The van der Waals surface area contributed by atoms with Crippen LogP contribution in [0.15, 0.2) is 0 Å². The Labute approximate surface area is 119 Å². The zero-order chi connectivity index (χ0) is 14.4. The van der Waals surface area contributed by atoms with Crippen LogP contribution in [0.4, 0.5) is 0 Å². The fourth-order valence-corrected chi connectivity index (χ4v) is 3.10. The van der Waals surface area contributed by atoms with Gasteiger partial charge in [-0.15, -0.1) is 0 Å². The predicted molar refractivity (Wildman–Crippen MR) is 81.0 cm³/mol. The standard InChI is InChI=1S/C16H31N3/c1-5-16(6-2)9-12-19(13-10-16)11-7-8-15(3,14-17)18-4/h18H,5-13H2,1-4H3. The van der Waals surface area contributed by atoms with Gasteiger partial charge in [-0.25, -0.2) is 0 Å². The Hall–Kier alpha value is -0.590. The van der Waals surface area contributed by atoms with Crippen molar-refractivity contribution in [3.63, 3.8) is 0 Å². The van der Waals surface area contributed by atoms with E-state index in [4.69, 9.17) is 5.26 Å². The summed E-state index contributed by atoms with van der Waals surface area (Å²) in [6, 6.07) is 2.37. The van der Waals surface area contributed by atoms with E-state index in [9.17, 15) is 0 Å². The third-order valence-electron chi connectivity index (χ3n) is 5.37. The molecule has 0 spiro atoms. The second kappa shape index (κ2) is 7.26. The van der Waals surface area contributed by atoms with Crippen LogP contribution in [0.1, 0.15) is 59.3 Å². The third-order valence-corrected chi connectivity index (χ3v) is 5.37. The molecule has 1 saturated heterocycles. The number of hydrogen-bond acceptors (Lipinski definition) is 3. The SMILES string of the molecule is CCC1(CC)CCN(CCCC(C)(C#N)NC)CC1. The second-order valence-electron chi connectivity index (χ2n) is 6.35. The van der Waals surface area contributed by atoms with E-state index in [2.05, 4.69) is 30.1 Å². The minimum atomic E-state index is -0.355. The number of nitriles is 1. The lowest BCUT2D eigenvalue weighted by molar-refractivity contribution is 0.0933. The Morgan fingerprint density at radius 1 is 1.26 bits per heavy atom. The lowest BCUT2D eigenvalue weighted by Gasteiger charge is -2.41. The summed E-state index contributed by atoms with van der Waals surface area (Å²) in [4.78, 5) is 2.58. The van der Waals surface area contributed by atoms with Crippen LogP contribution < -0.4 is 5.32 Å². The van der Waals surface area contributed by atoms with Crippen LogP contribution >= 0.6 is 0 Å². The summed E-state index contributed by atoms with van der Waals surface area (Å²) >= 11 is 0. The summed E-state index contributed by atoms with van der Waals surface area (Å²) in [5, 5.41) is 12.2. The molecule has 0 aromatic carbocycles. The molecule has 1 atom stereocenters. The van der Waals surface area contributed by atoms with Crippen molar-refractivity contribution in [1.29, 1.82) is 5.26 Å². The highest BCUT2D eigenvalue weighted by molar-refractivity contribution is 5.02. The van der Waals surface area contributed by atoms with Crippen LogP contribution in [-0.4, -0.2) is 37.1 Å². The highest BCUT2D eigenvalue weighted by Gasteiger charge is 2.31. The van der Waals surface area contributed by atoms with Crippen LogP contribution in [0.5, 0.6) is 0 Å². The molecular weight excluding hydrogens is 234 g/mol. The second-order valence-corrected chi connectivity index (χ2v) is 6.35. The van der Waals surface area contributed by atoms with Gasteiger partial charge in [0.1, 0.15) is 5.54 Å². The van der Waals surface area contributed by atoms with Gasteiger partial charge in [0.05, 0.1) is 6.07 Å². The molecule has 3 heteroatoms. The van der Waals surface area contributed by atoms with Crippen LogP contribution in [0.25, 0.3) is 0 Å². The average molecular weight is 265 g/mol. The number of hydrogen-bond donors (Lipinski definition) is 1. The van der Waals surface area contributed by atoms with Gasteiger partial charge in [-0.2, -0.15) is 5.26 Å². The summed E-state index contributed by atoms with van der Waals surface area (Å²) in [7, 11) is 1.88. The normalized spacial score (nSPS) is 22.7. The first kappa shape index (κ1) is 16.5. The summed E-state index contributed by atoms with van der Waals surface area (Å²) in [6.45, 7) is 10.3. The minimum Gasteiger partial charge on any atom is -0.303 e. The van der Waals surface area contributed by atoms with E-state index in [1.807, 2.05) is 14.0 Å². The summed E-state index contributed by atoms with van der Waals surface area (Å²) in [5.74, 6) is 0. The van der Waals surface area contributed by atoms with Gasteiger partial charge in [0.15, 0.2) is 0 Å². The number of piperidine rings is 1. The van der Waals surface area contributed by atoms with E-state index in [1.165, 1.54) is 38.8 Å². The lowest BCUT2D eigenvalue weighted by Crippen LogP contribution is -2.42. The molecule has 1 unspecified atom stereocenters. The Bertz CT molecular complexity index is 294. The van der Waals surface area contributed by atoms with Crippen LogP contribution in [0, 0.1) is 16.7 Å². The summed E-state index contributed by atoms with van der Waals surface area (Å²) < 4.78 is 0. The molecule has 0 radical (unpaired) electrons. The monoisotopic (exact) mass is 265 g/mol. The summed E-state index contributed by atoms with van der Waals surface area (Å²) in [6.07, 6.45) is 7.38. The van der Waals surface area contributed by atoms with Crippen molar-refractivity contribution in [1.82, 2.24) is 10.2 Å². The van der Waals surface area contributed by atoms with Crippen LogP contribution in [0.2, 0.25) is 0 Å². The molecule has 0 aromatic rings. The quantitative estimate of drug-likeness (QED) is 0.768. The highest BCUT2D eigenvalue weighted by atomic mass is 15.1. The van der Waals surface area contributed by atoms with E-state index in [0.29, 0.717) is 5.41 Å². The van der Waals surface area contributed by atoms with Crippen molar-refractivity contribution in [2.24, 2.45) is 5.41 Å². The van der Waals surface area contributed by atoms with Gasteiger partial charge in [-0.3, -0.25) is 0 Å². The molecule has 1 aliphatic heterocycles. The molecule has 1 rings (SSSR count). The maximum absolute atomic E-state index is 9.13.